The van der Waals surface area contributed by atoms with Crippen molar-refractivity contribution in [2.24, 2.45) is 0 Å². The summed E-state index contributed by atoms with van der Waals surface area (Å²) >= 11 is 0. The molecule has 0 aliphatic heterocycles. The quantitative estimate of drug-likeness (QED) is 0.766. The number of rotatable bonds is 6. The van der Waals surface area contributed by atoms with Crippen LogP contribution in [-0.2, 0) is 22.4 Å². The number of ether oxygens (including phenoxy) is 1. The fourth-order valence-electron chi connectivity index (χ4n) is 2.14. The van der Waals surface area contributed by atoms with Gasteiger partial charge in [-0.1, -0.05) is 18.2 Å². The van der Waals surface area contributed by atoms with Gasteiger partial charge in [0.05, 0.1) is 12.2 Å². The molecule has 0 atom stereocenters. The molecule has 0 saturated heterocycles. The van der Waals surface area contributed by atoms with Crippen LogP contribution in [0.1, 0.15) is 28.4 Å². The zero-order chi connectivity index (χ0) is 16.8. The summed E-state index contributed by atoms with van der Waals surface area (Å²) in [4.78, 5) is 23.5. The summed E-state index contributed by atoms with van der Waals surface area (Å²) in [6.45, 7) is 2.02. The van der Waals surface area contributed by atoms with E-state index in [1.807, 2.05) is 0 Å². The number of ketones is 1. The van der Waals surface area contributed by atoms with Gasteiger partial charge in [-0.15, -0.1) is 0 Å². The lowest BCUT2D eigenvalue weighted by Crippen LogP contribution is -2.09. The number of esters is 1. The maximum Gasteiger partial charge on any atom is 0.338 e. The minimum atomic E-state index is -0.726. The molecule has 120 valence electrons. The van der Waals surface area contributed by atoms with Crippen molar-refractivity contribution in [3.8, 4) is 0 Å². The van der Waals surface area contributed by atoms with Gasteiger partial charge in [-0.3, -0.25) is 4.79 Å². The Morgan fingerprint density at radius 2 is 1.70 bits per heavy atom. The summed E-state index contributed by atoms with van der Waals surface area (Å²) in [5.41, 5.74) is 1.29. The highest BCUT2D eigenvalue weighted by atomic mass is 19.1. The van der Waals surface area contributed by atoms with Crippen molar-refractivity contribution >= 4 is 11.8 Å². The number of halogens is 2. The highest BCUT2D eigenvalue weighted by Gasteiger charge is 2.11. The van der Waals surface area contributed by atoms with Gasteiger partial charge in [0.1, 0.15) is 17.4 Å². The van der Waals surface area contributed by atoms with Gasteiger partial charge in [0.2, 0.25) is 0 Å². The van der Waals surface area contributed by atoms with Crippen LogP contribution in [0.3, 0.4) is 0 Å². The Morgan fingerprint density at radius 1 is 1.00 bits per heavy atom. The van der Waals surface area contributed by atoms with E-state index < -0.39 is 17.6 Å². The summed E-state index contributed by atoms with van der Waals surface area (Å²) in [6, 6.07) is 9.64. The summed E-state index contributed by atoms with van der Waals surface area (Å²) in [7, 11) is 0. The number of carbonyl (C=O) groups excluding carboxylic acids is 2. The van der Waals surface area contributed by atoms with Crippen molar-refractivity contribution in [2.45, 2.75) is 19.8 Å². The summed E-state index contributed by atoms with van der Waals surface area (Å²) < 4.78 is 31.2. The third-order valence-electron chi connectivity index (χ3n) is 3.27. The molecule has 0 spiro atoms. The molecule has 0 N–H and O–H groups in total. The van der Waals surface area contributed by atoms with Gasteiger partial charge in [-0.2, -0.15) is 0 Å². The molecule has 0 amide bonds. The van der Waals surface area contributed by atoms with Crippen LogP contribution in [-0.4, -0.2) is 18.4 Å². The summed E-state index contributed by atoms with van der Waals surface area (Å²) in [5, 5.41) is 0. The minimum absolute atomic E-state index is 0.105. The lowest BCUT2D eigenvalue weighted by molar-refractivity contribution is -0.117. The third-order valence-corrected chi connectivity index (χ3v) is 3.27. The zero-order valence-corrected chi connectivity index (χ0v) is 12.6. The van der Waals surface area contributed by atoms with Crippen LogP contribution in [0.2, 0.25) is 0 Å². The SMILES string of the molecule is CCOC(=O)c1ccc(CC(=O)Cc2ccc(F)cc2F)cc1. The average Bonchev–Trinajstić information content (AvgIpc) is 2.51. The second-order valence-electron chi connectivity index (χ2n) is 5.05. The lowest BCUT2D eigenvalue weighted by Gasteiger charge is -2.05. The first-order valence-electron chi connectivity index (χ1n) is 7.21. The molecule has 3 nitrogen and oxygen atoms in total. The predicted octanol–water partition coefficient (Wildman–Crippen LogP) is 3.50. The molecule has 23 heavy (non-hydrogen) atoms. The van der Waals surface area contributed by atoms with Gasteiger partial charge in [0, 0.05) is 18.9 Å². The highest BCUT2D eigenvalue weighted by Crippen LogP contribution is 2.13. The number of hydrogen-bond donors (Lipinski definition) is 0. The Labute approximate surface area is 132 Å². The van der Waals surface area contributed by atoms with Gasteiger partial charge in [0.25, 0.3) is 0 Å². The molecule has 0 unspecified atom stereocenters. The van der Waals surface area contributed by atoms with Crippen LogP contribution in [0.5, 0.6) is 0 Å². The van der Waals surface area contributed by atoms with Crippen molar-refractivity contribution < 1.29 is 23.1 Å². The number of Topliss-reactive ketones (excluding diaryl/α,β-unsaturated/α-hetero) is 1. The summed E-state index contributed by atoms with van der Waals surface area (Å²) in [6.07, 6.45) is 0.00562. The molecule has 0 saturated carbocycles. The molecule has 0 aliphatic carbocycles. The van der Waals surface area contributed by atoms with E-state index in [2.05, 4.69) is 0 Å². The number of carbonyl (C=O) groups is 2. The van der Waals surface area contributed by atoms with E-state index in [9.17, 15) is 18.4 Å². The lowest BCUT2D eigenvalue weighted by atomic mass is 10.0. The minimum Gasteiger partial charge on any atom is -0.462 e. The van der Waals surface area contributed by atoms with Crippen molar-refractivity contribution in [2.75, 3.05) is 6.61 Å². The van der Waals surface area contributed by atoms with Crippen LogP contribution < -0.4 is 0 Å². The molecule has 0 aliphatic rings. The van der Waals surface area contributed by atoms with Crippen LogP contribution in [0.25, 0.3) is 0 Å². The van der Waals surface area contributed by atoms with Crippen molar-refractivity contribution in [3.63, 3.8) is 0 Å². The molecule has 0 aromatic heterocycles. The second-order valence-corrected chi connectivity index (χ2v) is 5.05. The molecule has 2 aromatic rings. The van der Waals surface area contributed by atoms with E-state index in [4.69, 9.17) is 4.74 Å². The van der Waals surface area contributed by atoms with E-state index in [1.54, 1.807) is 31.2 Å². The zero-order valence-electron chi connectivity index (χ0n) is 12.6. The Morgan fingerprint density at radius 3 is 2.30 bits per heavy atom. The van der Waals surface area contributed by atoms with Gasteiger partial charge < -0.3 is 4.74 Å². The molecule has 5 heteroatoms. The van der Waals surface area contributed by atoms with Gasteiger partial charge in [-0.05, 0) is 36.2 Å². The molecule has 0 heterocycles. The standard InChI is InChI=1S/C18H16F2O3/c1-2-23-18(22)13-5-3-12(4-6-13)9-16(21)10-14-7-8-15(19)11-17(14)20/h3-8,11H,2,9-10H2,1H3. The average molecular weight is 318 g/mol. The number of benzene rings is 2. The largest absolute Gasteiger partial charge is 0.462 e. The van der Waals surface area contributed by atoms with E-state index in [-0.39, 0.29) is 24.2 Å². The Kier molecular flexibility index (Phi) is 5.57. The van der Waals surface area contributed by atoms with Gasteiger partial charge >= 0.3 is 5.97 Å². The molecular formula is C18H16F2O3. The highest BCUT2D eigenvalue weighted by molar-refractivity contribution is 5.89. The van der Waals surface area contributed by atoms with E-state index >= 15 is 0 Å². The topological polar surface area (TPSA) is 43.4 Å². The molecular weight excluding hydrogens is 302 g/mol. The second kappa shape index (κ2) is 7.63. The first kappa shape index (κ1) is 16.8. The molecule has 2 rings (SSSR count). The van der Waals surface area contributed by atoms with E-state index in [0.717, 1.165) is 12.1 Å². The van der Waals surface area contributed by atoms with Crippen molar-refractivity contribution in [1.82, 2.24) is 0 Å². The molecule has 2 aromatic carbocycles. The first-order valence-corrected chi connectivity index (χ1v) is 7.21. The summed E-state index contributed by atoms with van der Waals surface area (Å²) in [5.74, 6) is -2.01. The van der Waals surface area contributed by atoms with Gasteiger partial charge in [0.15, 0.2) is 0 Å². The van der Waals surface area contributed by atoms with Crippen LogP contribution in [0.15, 0.2) is 42.5 Å². The maximum atomic E-state index is 13.5. The fourth-order valence-corrected chi connectivity index (χ4v) is 2.14. The smallest absolute Gasteiger partial charge is 0.338 e. The van der Waals surface area contributed by atoms with Crippen LogP contribution in [0, 0.1) is 11.6 Å². The van der Waals surface area contributed by atoms with E-state index in [0.29, 0.717) is 17.7 Å². The molecule has 0 radical (unpaired) electrons. The van der Waals surface area contributed by atoms with Crippen molar-refractivity contribution in [3.05, 3.63) is 70.8 Å². The van der Waals surface area contributed by atoms with Crippen LogP contribution in [0.4, 0.5) is 8.78 Å². The molecule has 0 bridgehead atoms. The Balaban J connectivity index is 1.98. The normalized spacial score (nSPS) is 10.4. The van der Waals surface area contributed by atoms with Crippen molar-refractivity contribution in [1.29, 1.82) is 0 Å². The fraction of sp³-hybridized carbons (Fsp3) is 0.222. The van der Waals surface area contributed by atoms with E-state index in [1.165, 1.54) is 6.07 Å². The Hall–Kier alpha value is -2.56. The monoisotopic (exact) mass is 318 g/mol. The first-order chi connectivity index (χ1) is 11.0. The molecule has 0 fully saturated rings. The number of hydrogen-bond acceptors (Lipinski definition) is 3. The Bertz CT molecular complexity index is 709. The van der Waals surface area contributed by atoms with Gasteiger partial charge in [-0.25, -0.2) is 13.6 Å². The predicted molar refractivity (Wildman–Crippen MR) is 81.2 cm³/mol. The maximum absolute atomic E-state index is 13.5. The third kappa shape index (κ3) is 4.71. The van der Waals surface area contributed by atoms with Crippen LogP contribution >= 0.6 is 0 Å².